The fourth-order valence-corrected chi connectivity index (χ4v) is 3.75. The number of ether oxygens (including phenoxy) is 2. The van der Waals surface area contributed by atoms with Gasteiger partial charge >= 0.3 is 0 Å². The zero-order valence-electron chi connectivity index (χ0n) is 14.4. The molecule has 0 bridgehead atoms. The normalized spacial score (nSPS) is 33.0. The highest BCUT2D eigenvalue weighted by molar-refractivity contribution is 4.81. The molecule has 3 fully saturated rings. The molecular weight excluding hydrogens is 278 g/mol. The molecule has 0 N–H and O–H groups in total. The third-order valence-corrected chi connectivity index (χ3v) is 5.70. The van der Waals surface area contributed by atoms with E-state index >= 15 is 0 Å². The number of hydrogen-bond acceptors (Lipinski definition) is 5. The predicted octanol–water partition coefficient (Wildman–Crippen LogP) is 1.10. The van der Waals surface area contributed by atoms with Gasteiger partial charge < -0.3 is 19.3 Å². The Morgan fingerprint density at radius 3 is 2.18 bits per heavy atom. The zero-order valence-corrected chi connectivity index (χ0v) is 14.4. The van der Waals surface area contributed by atoms with E-state index in [4.69, 9.17) is 9.47 Å². The second-order valence-corrected chi connectivity index (χ2v) is 7.41. The molecule has 5 heteroatoms. The van der Waals surface area contributed by atoms with Gasteiger partial charge in [-0.25, -0.2) is 0 Å². The number of likely N-dealkylation sites (tertiary alicyclic amines) is 1. The number of piperazine rings is 1. The summed E-state index contributed by atoms with van der Waals surface area (Å²) < 4.78 is 11.3. The maximum Gasteiger partial charge on any atom is 0.0994 e. The van der Waals surface area contributed by atoms with Crippen molar-refractivity contribution in [1.29, 1.82) is 0 Å². The van der Waals surface area contributed by atoms with Crippen LogP contribution in [0.15, 0.2) is 0 Å². The first-order valence-corrected chi connectivity index (χ1v) is 9.00. The minimum atomic E-state index is 0.438. The van der Waals surface area contributed by atoms with Crippen molar-refractivity contribution in [3.05, 3.63) is 0 Å². The van der Waals surface area contributed by atoms with E-state index in [1.807, 2.05) is 0 Å². The Morgan fingerprint density at radius 2 is 1.55 bits per heavy atom. The van der Waals surface area contributed by atoms with E-state index in [0.29, 0.717) is 12.2 Å². The molecule has 0 aromatic heterocycles. The van der Waals surface area contributed by atoms with Crippen molar-refractivity contribution in [2.45, 2.75) is 37.9 Å². The molecule has 0 unspecified atom stereocenters. The summed E-state index contributed by atoms with van der Waals surface area (Å²) in [6.07, 6.45) is 5.71. The number of piperidine rings is 1. The average Bonchev–Trinajstić information content (AvgIpc) is 2.50. The van der Waals surface area contributed by atoms with Crippen LogP contribution in [0, 0.1) is 5.92 Å². The van der Waals surface area contributed by atoms with E-state index in [0.717, 1.165) is 25.5 Å². The summed E-state index contributed by atoms with van der Waals surface area (Å²) in [6.45, 7) is 9.51. The molecule has 22 heavy (non-hydrogen) atoms. The molecule has 3 rings (SSSR count). The van der Waals surface area contributed by atoms with Crippen LogP contribution in [0.5, 0.6) is 0 Å². The number of nitrogens with zero attached hydrogens (tertiary/aromatic N) is 3. The third-order valence-electron chi connectivity index (χ3n) is 5.70. The van der Waals surface area contributed by atoms with Crippen LogP contribution in [0.1, 0.15) is 25.7 Å². The van der Waals surface area contributed by atoms with Crippen LogP contribution in [-0.2, 0) is 9.47 Å². The molecule has 2 aliphatic heterocycles. The number of likely N-dealkylation sites (N-methyl/N-ethyl adjacent to an activating group) is 1. The van der Waals surface area contributed by atoms with Crippen LogP contribution in [0.2, 0.25) is 0 Å². The fourth-order valence-electron chi connectivity index (χ4n) is 3.75. The van der Waals surface area contributed by atoms with Gasteiger partial charge in [0.25, 0.3) is 0 Å². The second kappa shape index (κ2) is 8.06. The lowest BCUT2D eigenvalue weighted by atomic mass is 9.92. The third kappa shape index (κ3) is 4.65. The summed E-state index contributed by atoms with van der Waals surface area (Å²) in [5, 5.41) is 0. The maximum atomic E-state index is 5.98. The van der Waals surface area contributed by atoms with Crippen LogP contribution >= 0.6 is 0 Å². The zero-order chi connectivity index (χ0) is 15.4. The van der Waals surface area contributed by atoms with Crippen molar-refractivity contribution >= 4 is 0 Å². The summed E-state index contributed by atoms with van der Waals surface area (Å²) in [6, 6.07) is 0. The van der Waals surface area contributed by atoms with E-state index in [1.165, 1.54) is 58.7 Å². The monoisotopic (exact) mass is 311 g/mol. The Labute approximate surface area is 135 Å². The highest BCUT2D eigenvalue weighted by Crippen LogP contribution is 2.26. The molecule has 3 aliphatic rings. The van der Waals surface area contributed by atoms with Crippen molar-refractivity contribution in [1.82, 2.24) is 14.7 Å². The highest BCUT2D eigenvalue weighted by Gasteiger charge is 2.30. The number of rotatable bonds is 6. The molecule has 2 saturated heterocycles. The molecule has 1 aliphatic carbocycles. The topological polar surface area (TPSA) is 28.2 Å². The van der Waals surface area contributed by atoms with Crippen LogP contribution in [0.3, 0.4) is 0 Å². The molecule has 128 valence electrons. The molecule has 2 heterocycles. The summed E-state index contributed by atoms with van der Waals surface area (Å²) in [7, 11) is 4.03. The van der Waals surface area contributed by atoms with Gasteiger partial charge in [-0.15, -0.1) is 0 Å². The first-order chi connectivity index (χ1) is 10.7. The van der Waals surface area contributed by atoms with Gasteiger partial charge in [0.05, 0.1) is 18.9 Å². The first kappa shape index (κ1) is 16.7. The highest BCUT2D eigenvalue weighted by atomic mass is 16.5. The van der Waals surface area contributed by atoms with Crippen LogP contribution in [-0.4, -0.2) is 93.6 Å². The van der Waals surface area contributed by atoms with E-state index in [1.54, 1.807) is 7.11 Å². The Kier molecular flexibility index (Phi) is 6.10. The van der Waals surface area contributed by atoms with E-state index in [2.05, 4.69) is 21.7 Å². The molecule has 5 nitrogen and oxygen atoms in total. The number of hydrogen-bond donors (Lipinski definition) is 0. The van der Waals surface area contributed by atoms with Crippen molar-refractivity contribution in [2.75, 3.05) is 66.7 Å². The molecule has 0 aromatic rings. The lowest BCUT2D eigenvalue weighted by Gasteiger charge is -2.39. The van der Waals surface area contributed by atoms with Gasteiger partial charge in [-0.3, -0.25) is 4.90 Å². The van der Waals surface area contributed by atoms with Crippen molar-refractivity contribution < 1.29 is 9.47 Å². The Morgan fingerprint density at radius 1 is 0.864 bits per heavy atom. The standard InChI is InChI=1S/C17H33N3O2/c1-18-7-9-19(10-8-18)13-15-3-5-20(6-4-15)14-22-17-11-16(12-17)21-2/h15-17H,3-14H2,1-2H3. The van der Waals surface area contributed by atoms with Gasteiger partial charge in [0.15, 0.2) is 0 Å². The number of methoxy groups -OCH3 is 1. The van der Waals surface area contributed by atoms with Crippen LogP contribution in [0.4, 0.5) is 0 Å². The largest absolute Gasteiger partial charge is 0.381 e. The van der Waals surface area contributed by atoms with Gasteiger partial charge in [0.2, 0.25) is 0 Å². The molecular formula is C17H33N3O2. The molecule has 0 amide bonds. The molecule has 1 saturated carbocycles. The van der Waals surface area contributed by atoms with E-state index in [9.17, 15) is 0 Å². The molecule has 0 aromatic carbocycles. The van der Waals surface area contributed by atoms with Gasteiger partial charge in [-0.2, -0.15) is 0 Å². The summed E-state index contributed by atoms with van der Waals surface area (Å²) in [5.74, 6) is 0.890. The lowest BCUT2D eigenvalue weighted by Crippen LogP contribution is -2.47. The van der Waals surface area contributed by atoms with Crippen molar-refractivity contribution in [2.24, 2.45) is 5.92 Å². The van der Waals surface area contributed by atoms with Gasteiger partial charge in [-0.05, 0) is 25.8 Å². The van der Waals surface area contributed by atoms with Crippen LogP contribution < -0.4 is 0 Å². The molecule has 0 spiro atoms. The molecule has 0 radical (unpaired) electrons. The average molecular weight is 311 g/mol. The van der Waals surface area contributed by atoms with E-state index < -0.39 is 0 Å². The fraction of sp³-hybridized carbons (Fsp3) is 1.00. The first-order valence-electron chi connectivity index (χ1n) is 9.00. The second-order valence-electron chi connectivity index (χ2n) is 7.41. The van der Waals surface area contributed by atoms with Gasteiger partial charge in [0.1, 0.15) is 0 Å². The molecule has 0 atom stereocenters. The Bertz CT molecular complexity index is 320. The summed E-state index contributed by atoms with van der Waals surface area (Å²) in [4.78, 5) is 7.59. The smallest absolute Gasteiger partial charge is 0.0994 e. The van der Waals surface area contributed by atoms with Gasteiger partial charge in [0, 0.05) is 65.8 Å². The lowest BCUT2D eigenvalue weighted by molar-refractivity contribution is -0.117. The quantitative estimate of drug-likeness (QED) is 0.732. The Balaban J connectivity index is 1.26. The van der Waals surface area contributed by atoms with Crippen molar-refractivity contribution in [3.8, 4) is 0 Å². The maximum absolute atomic E-state index is 5.98. The Hall–Kier alpha value is -0.200. The SMILES string of the molecule is COC1CC(OCN2CCC(CN3CCN(C)CC3)CC2)C1. The van der Waals surface area contributed by atoms with E-state index in [-0.39, 0.29) is 0 Å². The van der Waals surface area contributed by atoms with Gasteiger partial charge in [-0.1, -0.05) is 0 Å². The summed E-state index contributed by atoms with van der Waals surface area (Å²) >= 11 is 0. The van der Waals surface area contributed by atoms with Crippen LogP contribution in [0.25, 0.3) is 0 Å². The minimum Gasteiger partial charge on any atom is -0.381 e. The minimum absolute atomic E-state index is 0.438. The van der Waals surface area contributed by atoms with Crippen molar-refractivity contribution in [3.63, 3.8) is 0 Å². The summed E-state index contributed by atoms with van der Waals surface area (Å²) in [5.41, 5.74) is 0. The predicted molar refractivity (Wildman–Crippen MR) is 88.0 cm³/mol.